The molecule has 0 saturated heterocycles. The van der Waals surface area contributed by atoms with Crippen molar-refractivity contribution in [2.75, 3.05) is 5.32 Å². The second-order valence-corrected chi connectivity index (χ2v) is 6.35. The molecular weight excluding hydrogens is 382 g/mol. The second-order valence-electron chi connectivity index (χ2n) is 6.35. The van der Waals surface area contributed by atoms with Crippen molar-refractivity contribution in [1.29, 1.82) is 0 Å². The minimum atomic E-state index is -0.904. The first kappa shape index (κ1) is 20.5. The van der Waals surface area contributed by atoms with Crippen LogP contribution in [-0.2, 0) is 9.59 Å². The zero-order chi connectivity index (χ0) is 21.3. The summed E-state index contributed by atoms with van der Waals surface area (Å²) in [6, 6.07) is 22.3. The van der Waals surface area contributed by atoms with Gasteiger partial charge in [-0.3, -0.25) is 9.59 Å². The lowest BCUT2D eigenvalue weighted by atomic mass is 10.2. The number of rotatable bonds is 5. The fourth-order valence-corrected chi connectivity index (χ4v) is 2.44. The van der Waals surface area contributed by atoms with Gasteiger partial charge in [0.25, 0.3) is 0 Å². The van der Waals surface area contributed by atoms with Crippen molar-refractivity contribution in [3.63, 3.8) is 0 Å². The van der Waals surface area contributed by atoms with Crippen LogP contribution in [0.1, 0.15) is 21.5 Å². The summed E-state index contributed by atoms with van der Waals surface area (Å²) < 4.78 is 5.33. The number of hydrogen-bond acceptors (Lipinski definition) is 5. The Labute approximate surface area is 173 Å². The molecule has 3 aromatic rings. The van der Waals surface area contributed by atoms with E-state index >= 15 is 0 Å². The number of ether oxygens (including phenoxy) is 1. The molecule has 3 aromatic carbocycles. The summed E-state index contributed by atoms with van der Waals surface area (Å²) in [4.78, 5) is 35.9. The molecule has 2 amide bonds. The van der Waals surface area contributed by atoms with Gasteiger partial charge in [0.05, 0.1) is 11.8 Å². The molecule has 7 nitrogen and oxygen atoms in total. The number of anilines is 1. The molecule has 7 heteroatoms. The van der Waals surface area contributed by atoms with E-state index in [2.05, 4.69) is 15.8 Å². The maximum Gasteiger partial charge on any atom is 0.343 e. The fraction of sp³-hybridized carbons (Fsp3) is 0.0435. The van der Waals surface area contributed by atoms with E-state index in [-0.39, 0.29) is 0 Å². The Morgan fingerprint density at radius 3 is 2.33 bits per heavy atom. The average Bonchev–Trinajstić information content (AvgIpc) is 2.76. The van der Waals surface area contributed by atoms with Crippen molar-refractivity contribution >= 4 is 29.7 Å². The Hall–Kier alpha value is -4.26. The van der Waals surface area contributed by atoms with E-state index in [4.69, 9.17) is 4.74 Å². The number of esters is 1. The Balaban J connectivity index is 1.55. The number of nitrogens with zero attached hydrogens (tertiary/aromatic N) is 1. The predicted molar refractivity (Wildman–Crippen MR) is 113 cm³/mol. The van der Waals surface area contributed by atoms with Crippen LogP contribution in [0.4, 0.5) is 5.69 Å². The normalized spacial score (nSPS) is 10.4. The number of carbonyl (C=O) groups excluding carboxylic acids is 3. The zero-order valence-electron chi connectivity index (χ0n) is 16.2. The molecule has 0 aromatic heterocycles. The highest BCUT2D eigenvalue weighted by Gasteiger charge is 2.12. The van der Waals surface area contributed by atoms with Crippen LogP contribution in [0.3, 0.4) is 0 Å². The maximum atomic E-state index is 12.1. The Kier molecular flexibility index (Phi) is 6.68. The number of hydrogen-bond donors (Lipinski definition) is 2. The van der Waals surface area contributed by atoms with Gasteiger partial charge in [0.1, 0.15) is 5.75 Å². The largest absolute Gasteiger partial charge is 0.423 e. The van der Waals surface area contributed by atoms with Gasteiger partial charge >= 0.3 is 17.8 Å². The molecule has 0 unspecified atom stereocenters. The van der Waals surface area contributed by atoms with Crippen LogP contribution in [-0.4, -0.2) is 24.0 Å². The SMILES string of the molecule is Cc1ccc(NC(=O)C(=O)N/N=C/c2cccc(OC(=O)c3ccccc3)c2)cc1. The van der Waals surface area contributed by atoms with E-state index in [1.54, 1.807) is 60.7 Å². The van der Waals surface area contributed by atoms with E-state index in [1.165, 1.54) is 6.21 Å². The van der Waals surface area contributed by atoms with Gasteiger partial charge in [-0.1, -0.05) is 48.0 Å². The first-order chi connectivity index (χ1) is 14.5. The van der Waals surface area contributed by atoms with Crippen molar-refractivity contribution in [1.82, 2.24) is 5.43 Å². The van der Waals surface area contributed by atoms with Crippen LogP contribution >= 0.6 is 0 Å². The number of carbonyl (C=O) groups is 3. The summed E-state index contributed by atoms with van der Waals surface area (Å²) in [7, 11) is 0. The summed E-state index contributed by atoms with van der Waals surface area (Å²) in [5.41, 5.74) is 4.72. The lowest BCUT2D eigenvalue weighted by Gasteiger charge is -2.05. The summed E-state index contributed by atoms with van der Waals surface area (Å²) in [5, 5.41) is 6.25. The highest BCUT2D eigenvalue weighted by molar-refractivity contribution is 6.39. The highest BCUT2D eigenvalue weighted by atomic mass is 16.5. The third-order valence-electron chi connectivity index (χ3n) is 3.97. The van der Waals surface area contributed by atoms with Crippen LogP contribution in [0.2, 0.25) is 0 Å². The average molecular weight is 401 g/mol. The van der Waals surface area contributed by atoms with Crippen LogP contribution < -0.4 is 15.5 Å². The summed E-state index contributed by atoms with van der Waals surface area (Å²) in [6.45, 7) is 1.92. The van der Waals surface area contributed by atoms with Crippen molar-refractivity contribution in [3.05, 3.63) is 95.6 Å². The molecule has 0 aliphatic rings. The molecule has 0 heterocycles. The van der Waals surface area contributed by atoms with Crippen molar-refractivity contribution in [3.8, 4) is 5.75 Å². The first-order valence-electron chi connectivity index (χ1n) is 9.09. The van der Waals surface area contributed by atoms with Crippen LogP contribution in [0.25, 0.3) is 0 Å². The van der Waals surface area contributed by atoms with Gasteiger partial charge in [0.2, 0.25) is 0 Å². The molecule has 150 valence electrons. The molecule has 0 aliphatic heterocycles. The van der Waals surface area contributed by atoms with Crippen molar-refractivity contribution in [2.24, 2.45) is 5.10 Å². The third-order valence-corrected chi connectivity index (χ3v) is 3.97. The smallest absolute Gasteiger partial charge is 0.343 e. The van der Waals surface area contributed by atoms with Crippen molar-refractivity contribution < 1.29 is 19.1 Å². The molecule has 30 heavy (non-hydrogen) atoms. The molecule has 0 bridgehead atoms. The summed E-state index contributed by atoms with van der Waals surface area (Å²) >= 11 is 0. The lowest BCUT2D eigenvalue weighted by molar-refractivity contribution is -0.136. The van der Waals surface area contributed by atoms with Gasteiger partial charge in [0, 0.05) is 5.69 Å². The summed E-state index contributed by atoms with van der Waals surface area (Å²) in [6.07, 6.45) is 1.34. The standard InChI is InChI=1S/C23H19N3O4/c1-16-10-12-19(13-11-16)25-21(27)22(28)26-24-15-17-6-5-9-20(14-17)30-23(29)18-7-3-2-4-8-18/h2-15H,1H3,(H,25,27)(H,26,28)/b24-15+. The van der Waals surface area contributed by atoms with Crippen molar-refractivity contribution in [2.45, 2.75) is 6.92 Å². The molecule has 0 fully saturated rings. The number of hydrazone groups is 1. The molecule has 0 radical (unpaired) electrons. The molecule has 0 atom stereocenters. The highest BCUT2D eigenvalue weighted by Crippen LogP contribution is 2.14. The van der Waals surface area contributed by atoms with E-state index < -0.39 is 17.8 Å². The van der Waals surface area contributed by atoms with Gasteiger partial charge in [-0.15, -0.1) is 0 Å². The third kappa shape index (κ3) is 5.87. The molecule has 0 saturated carbocycles. The number of aryl methyl sites for hydroxylation is 1. The number of benzene rings is 3. The topological polar surface area (TPSA) is 96.9 Å². The van der Waals surface area contributed by atoms with Gasteiger partial charge in [-0.25, -0.2) is 10.2 Å². The van der Waals surface area contributed by atoms with Gasteiger partial charge < -0.3 is 10.1 Å². The Morgan fingerprint density at radius 1 is 0.867 bits per heavy atom. The molecule has 3 rings (SSSR count). The number of amides is 2. The van der Waals surface area contributed by atoms with Crippen LogP contribution in [0.15, 0.2) is 84.0 Å². The number of nitrogens with one attached hydrogen (secondary N) is 2. The van der Waals surface area contributed by atoms with E-state index in [1.807, 2.05) is 25.1 Å². The monoisotopic (exact) mass is 401 g/mol. The van der Waals surface area contributed by atoms with E-state index in [0.29, 0.717) is 22.6 Å². The van der Waals surface area contributed by atoms with Gasteiger partial charge in [-0.2, -0.15) is 5.10 Å². The molecule has 2 N–H and O–H groups in total. The maximum absolute atomic E-state index is 12.1. The van der Waals surface area contributed by atoms with E-state index in [9.17, 15) is 14.4 Å². The minimum absolute atomic E-state index is 0.330. The summed E-state index contributed by atoms with van der Waals surface area (Å²) in [5.74, 6) is -1.89. The predicted octanol–water partition coefficient (Wildman–Crippen LogP) is 3.30. The van der Waals surface area contributed by atoms with Crippen LogP contribution in [0, 0.1) is 6.92 Å². The first-order valence-corrected chi connectivity index (χ1v) is 9.09. The zero-order valence-corrected chi connectivity index (χ0v) is 16.2. The van der Waals surface area contributed by atoms with E-state index in [0.717, 1.165) is 5.56 Å². The molecule has 0 spiro atoms. The quantitative estimate of drug-likeness (QED) is 0.225. The Morgan fingerprint density at radius 2 is 1.60 bits per heavy atom. The fourth-order valence-electron chi connectivity index (χ4n) is 2.44. The van der Waals surface area contributed by atoms with Crippen LogP contribution in [0.5, 0.6) is 5.75 Å². The van der Waals surface area contributed by atoms with Gasteiger partial charge in [0.15, 0.2) is 0 Å². The molecule has 0 aliphatic carbocycles. The Bertz CT molecular complexity index is 1080. The lowest BCUT2D eigenvalue weighted by Crippen LogP contribution is -2.32. The minimum Gasteiger partial charge on any atom is -0.423 e. The molecular formula is C23H19N3O4. The van der Waals surface area contributed by atoms with Gasteiger partial charge in [-0.05, 0) is 48.9 Å². The second kappa shape index (κ2) is 9.79.